The Hall–Kier alpha value is -1.59. The van der Waals surface area contributed by atoms with Gasteiger partial charge in [0.2, 0.25) is 11.8 Å². The van der Waals surface area contributed by atoms with E-state index in [-0.39, 0.29) is 30.1 Å². The predicted octanol–water partition coefficient (Wildman–Crippen LogP) is 0.455. The van der Waals surface area contributed by atoms with Crippen molar-refractivity contribution in [1.82, 2.24) is 10.2 Å². The van der Waals surface area contributed by atoms with E-state index >= 15 is 0 Å². The van der Waals surface area contributed by atoms with Gasteiger partial charge >= 0.3 is 5.97 Å². The number of esters is 1. The van der Waals surface area contributed by atoms with Crippen LogP contribution in [0, 0.1) is 5.92 Å². The number of ether oxygens (including phenoxy) is 1. The average Bonchev–Trinajstić information content (AvgIpc) is 2.93. The summed E-state index contributed by atoms with van der Waals surface area (Å²) in [5.41, 5.74) is -0.556. The van der Waals surface area contributed by atoms with Gasteiger partial charge < -0.3 is 15.0 Å². The molecule has 112 valence electrons. The van der Waals surface area contributed by atoms with Crippen LogP contribution in [-0.4, -0.2) is 47.4 Å². The molecule has 2 heterocycles. The van der Waals surface area contributed by atoms with Crippen LogP contribution in [0.3, 0.4) is 0 Å². The van der Waals surface area contributed by atoms with Crippen LogP contribution in [0.2, 0.25) is 0 Å². The molecule has 1 N–H and O–H groups in total. The van der Waals surface area contributed by atoms with Gasteiger partial charge in [0.25, 0.3) is 0 Å². The van der Waals surface area contributed by atoms with Gasteiger partial charge in [-0.3, -0.25) is 9.59 Å². The standard InChI is InChI=1S/C14H22N2O4/c1-14(2,3)20-13(19)10-5-4-6-16(10)12(18)9-7-11(17)15-8-9/h9-10H,4-8H2,1-3H3,(H,15,17)/t9?,10-/m1/s1. The van der Waals surface area contributed by atoms with E-state index in [4.69, 9.17) is 4.74 Å². The highest BCUT2D eigenvalue weighted by molar-refractivity contribution is 5.92. The summed E-state index contributed by atoms with van der Waals surface area (Å²) < 4.78 is 5.37. The van der Waals surface area contributed by atoms with E-state index in [1.54, 1.807) is 4.90 Å². The zero-order chi connectivity index (χ0) is 14.9. The zero-order valence-corrected chi connectivity index (χ0v) is 12.3. The molecule has 1 unspecified atom stereocenters. The molecule has 2 rings (SSSR count). The Morgan fingerprint density at radius 1 is 1.35 bits per heavy atom. The molecule has 0 aliphatic carbocycles. The molecule has 20 heavy (non-hydrogen) atoms. The number of nitrogens with one attached hydrogen (secondary N) is 1. The third kappa shape index (κ3) is 3.29. The van der Waals surface area contributed by atoms with Gasteiger partial charge in [-0.2, -0.15) is 0 Å². The van der Waals surface area contributed by atoms with Crippen molar-refractivity contribution in [1.29, 1.82) is 0 Å². The average molecular weight is 282 g/mol. The van der Waals surface area contributed by atoms with Gasteiger partial charge in [0, 0.05) is 19.5 Å². The van der Waals surface area contributed by atoms with E-state index < -0.39 is 11.6 Å². The lowest BCUT2D eigenvalue weighted by molar-refractivity contribution is -0.163. The molecule has 2 amide bonds. The van der Waals surface area contributed by atoms with E-state index in [1.165, 1.54) is 0 Å². The molecule has 0 radical (unpaired) electrons. The Kier molecular flexibility index (Phi) is 4.01. The third-order valence-corrected chi connectivity index (χ3v) is 3.54. The van der Waals surface area contributed by atoms with Crippen molar-refractivity contribution in [3.05, 3.63) is 0 Å². The van der Waals surface area contributed by atoms with Gasteiger partial charge in [0.05, 0.1) is 5.92 Å². The van der Waals surface area contributed by atoms with Crippen molar-refractivity contribution in [3.63, 3.8) is 0 Å². The number of hydrogen-bond acceptors (Lipinski definition) is 4. The largest absolute Gasteiger partial charge is 0.458 e. The summed E-state index contributed by atoms with van der Waals surface area (Å²) in [5.74, 6) is -0.903. The van der Waals surface area contributed by atoms with Crippen LogP contribution in [0.25, 0.3) is 0 Å². The minimum atomic E-state index is -0.556. The number of carbonyl (C=O) groups is 3. The first-order chi connectivity index (χ1) is 9.28. The number of likely N-dealkylation sites (tertiary alicyclic amines) is 1. The number of rotatable bonds is 2. The zero-order valence-electron chi connectivity index (χ0n) is 12.3. The van der Waals surface area contributed by atoms with Crippen molar-refractivity contribution in [2.24, 2.45) is 5.92 Å². The predicted molar refractivity (Wildman–Crippen MR) is 71.7 cm³/mol. The van der Waals surface area contributed by atoms with Crippen LogP contribution < -0.4 is 5.32 Å². The summed E-state index contributed by atoms with van der Waals surface area (Å²) in [6.07, 6.45) is 1.65. The second kappa shape index (κ2) is 5.42. The van der Waals surface area contributed by atoms with Gasteiger partial charge in [-0.15, -0.1) is 0 Å². The number of hydrogen-bond donors (Lipinski definition) is 1. The van der Waals surface area contributed by atoms with E-state index in [1.807, 2.05) is 20.8 Å². The van der Waals surface area contributed by atoms with Gasteiger partial charge in [-0.1, -0.05) is 0 Å². The van der Waals surface area contributed by atoms with E-state index in [0.29, 0.717) is 19.5 Å². The molecule has 2 aliphatic rings. The lowest BCUT2D eigenvalue weighted by Gasteiger charge is -2.28. The molecule has 6 heteroatoms. The lowest BCUT2D eigenvalue weighted by atomic mass is 10.1. The Balaban J connectivity index is 2.01. The fourth-order valence-corrected chi connectivity index (χ4v) is 2.66. The Bertz CT molecular complexity index is 427. The normalized spacial score (nSPS) is 26.6. The Morgan fingerprint density at radius 3 is 2.60 bits per heavy atom. The highest BCUT2D eigenvalue weighted by Crippen LogP contribution is 2.24. The first-order valence-corrected chi connectivity index (χ1v) is 7.08. The summed E-state index contributed by atoms with van der Waals surface area (Å²) >= 11 is 0. The molecule has 0 aromatic rings. The molecule has 0 saturated carbocycles. The van der Waals surface area contributed by atoms with Crippen LogP contribution in [0.4, 0.5) is 0 Å². The highest BCUT2D eigenvalue weighted by atomic mass is 16.6. The third-order valence-electron chi connectivity index (χ3n) is 3.54. The molecule has 2 aliphatic heterocycles. The number of carbonyl (C=O) groups excluding carboxylic acids is 3. The van der Waals surface area contributed by atoms with Crippen LogP contribution >= 0.6 is 0 Å². The topological polar surface area (TPSA) is 75.7 Å². The van der Waals surface area contributed by atoms with Crippen molar-refractivity contribution in [3.8, 4) is 0 Å². The van der Waals surface area contributed by atoms with Crippen molar-refractivity contribution in [2.45, 2.75) is 51.7 Å². The second-order valence-corrected chi connectivity index (χ2v) is 6.43. The van der Waals surface area contributed by atoms with E-state index in [0.717, 1.165) is 6.42 Å². The summed E-state index contributed by atoms with van der Waals surface area (Å²) in [6, 6.07) is -0.502. The number of amides is 2. The van der Waals surface area contributed by atoms with Crippen molar-refractivity contribution in [2.75, 3.05) is 13.1 Å². The molecule has 2 fully saturated rings. The number of nitrogens with zero attached hydrogens (tertiary/aromatic N) is 1. The summed E-state index contributed by atoms with van der Waals surface area (Å²) in [6.45, 7) is 6.37. The first-order valence-electron chi connectivity index (χ1n) is 7.08. The summed E-state index contributed by atoms with van der Waals surface area (Å²) in [4.78, 5) is 37.3. The van der Waals surface area contributed by atoms with E-state index in [2.05, 4.69) is 5.32 Å². The molecule has 2 saturated heterocycles. The SMILES string of the molecule is CC(C)(C)OC(=O)[C@H]1CCCN1C(=O)C1CNC(=O)C1. The van der Waals surface area contributed by atoms with Gasteiger partial charge in [0.15, 0.2) is 0 Å². The summed E-state index contributed by atoms with van der Waals surface area (Å²) in [5, 5.41) is 2.65. The van der Waals surface area contributed by atoms with Crippen molar-refractivity contribution >= 4 is 17.8 Å². The molecule has 0 spiro atoms. The van der Waals surface area contributed by atoms with E-state index in [9.17, 15) is 14.4 Å². The highest BCUT2D eigenvalue weighted by Gasteiger charge is 2.40. The summed E-state index contributed by atoms with van der Waals surface area (Å²) in [7, 11) is 0. The molecule has 2 atom stereocenters. The maximum atomic E-state index is 12.4. The molecule has 0 aromatic carbocycles. The maximum Gasteiger partial charge on any atom is 0.329 e. The van der Waals surface area contributed by atoms with Crippen molar-refractivity contribution < 1.29 is 19.1 Å². The monoisotopic (exact) mass is 282 g/mol. The van der Waals surface area contributed by atoms with Gasteiger partial charge in [-0.25, -0.2) is 4.79 Å². The van der Waals surface area contributed by atoms with Crippen LogP contribution in [0.5, 0.6) is 0 Å². The van der Waals surface area contributed by atoms with Gasteiger partial charge in [-0.05, 0) is 33.6 Å². The molecule has 6 nitrogen and oxygen atoms in total. The molecular formula is C14H22N2O4. The van der Waals surface area contributed by atoms with Crippen LogP contribution in [0.1, 0.15) is 40.0 Å². The fraction of sp³-hybridized carbons (Fsp3) is 0.786. The smallest absolute Gasteiger partial charge is 0.329 e. The minimum Gasteiger partial charge on any atom is -0.458 e. The van der Waals surface area contributed by atoms with Crippen LogP contribution in [0.15, 0.2) is 0 Å². The first kappa shape index (κ1) is 14.8. The Morgan fingerprint density at radius 2 is 2.05 bits per heavy atom. The molecule has 0 bridgehead atoms. The fourth-order valence-electron chi connectivity index (χ4n) is 2.66. The molecular weight excluding hydrogens is 260 g/mol. The minimum absolute atomic E-state index is 0.101. The maximum absolute atomic E-state index is 12.4. The quantitative estimate of drug-likeness (QED) is 0.746. The van der Waals surface area contributed by atoms with Crippen LogP contribution in [-0.2, 0) is 19.1 Å². The van der Waals surface area contributed by atoms with Gasteiger partial charge in [0.1, 0.15) is 11.6 Å². The lowest BCUT2D eigenvalue weighted by Crippen LogP contribution is -2.46. The Labute approximate surface area is 118 Å². The molecule has 0 aromatic heterocycles. The second-order valence-electron chi connectivity index (χ2n) is 6.43.